The lowest BCUT2D eigenvalue weighted by Crippen LogP contribution is -2.37. The molecule has 0 saturated carbocycles. The third kappa shape index (κ3) is 2.94. The normalized spacial score (nSPS) is 19.7. The maximum absolute atomic E-state index is 12.5. The van der Waals surface area contributed by atoms with Crippen molar-refractivity contribution in [3.63, 3.8) is 0 Å². The van der Waals surface area contributed by atoms with Crippen molar-refractivity contribution in [2.24, 2.45) is 0 Å². The highest BCUT2D eigenvalue weighted by Gasteiger charge is 2.31. The fraction of sp³-hybridized carbons (Fsp3) is 0.389. The van der Waals surface area contributed by atoms with Crippen molar-refractivity contribution in [1.82, 2.24) is 4.98 Å². The fourth-order valence-electron chi connectivity index (χ4n) is 3.25. The second-order valence-corrected chi connectivity index (χ2v) is 7.28. The van der Waals surface area contributed by atoms with Crippen molar-refractivity contribution in [3.05, 3.63) is 46.0 Å². The Morgan fingerprint density at radius 3 is 2.96 bits per heavy atom. The minimum atomic E-state index is -0.795. The van der Waals surface area contributed by atoms with Crippen molar-refractivity contribution in [1.29, 1.82) is 0 Å². The number of hydrogen-bond acceptors (Lipinski definition) is 5. The highest BCUT2D eigenvalue weighted by Crippen LogP contribution is 2.29. The molecule has 1 amide bonds. The molecule has 0 bridgehead atoms. The van der Waals surface area contributed by atoms with E-state index in [0.717, 1.165) is 30.5 Å². The number of hydrogen-bond donors (Lipinski definition) is 1. The number of rotatable bonds is 2. The first-order valence-corrected chi connectivity index (χ1v) is 9.10. The van der Waals surface area contributed by atoms with Crippen molar-refractivity contribution in [2.75, 3.05) is 5.32 Å². The first-order chi connectivity index (χ1) is 11.7. The molecule has 5 nitrogen and oxygen atoms in total. The zero-order valence-electron chi connectivity index (χ0n) is 13.2. The molecule has 0 spiro atoms. The predicted octanol–water partition coefficient (Wildman–Crippen LogP) is 3.13. The summed E-state index contributed by atoms with van der Waals surface area (Å²) in [6.45, 7) is 0. The second-order valence-electron chi connectivity index (χ2n) is 6.19. The molecule has 0 unspecified atom stereocenters. The molecule has 2 aliphatic rings. The number of cyclic esters (lactones) is 1. The minimum absolute atomic E-state index is 0.304. The van der Waals surface area contributed by atoms with E-state index in [1.165, 1.54) is 17.7 Å². The van der Waals surface area contributed by atoms with Crippen LogP contribution in [-0.4, -0.2) is 23.0 Å². The Morgan fingerprint density at radius 1 is 1.21 bits per heavy atom. The summed E-state index contributed by atoms with van der Waals surface area (Å²) < 4.78 is 5.29. The number of carbonyl (C=O) groups excluding carboxylic acids is 2. The number of nitrogens with zero attached hydrogens (tertiary/aromatic N) is 1. The lowest BCUT2D eigenvalue weighted by atomic mass is 9.98. The third-order valence-electron chi connectivity index (χ3n) is 4.51. The Labute approximate surface area is 144 Å². The van der Waals surface area contributed by atoms with E-state index in [1.807, 2.05) is 12.1 Å². The lowest BCUT2D eigenvalue weighted by Gasteiger charge is -2.23. The molecule has 24 heavy (non-hydrogen) atoms. The topological polar surface area (TPSA) is 68.3 Å². The maximum Gasteiger partial charge on any atom is 0.339 e. The molecular weight excluding hydrogens is 324 g/mol. The SMILES string of the molecule is O=C1O[C@@H](C(=O)Nc2nc3c(s2)CCCCC3)Cc2ccccc21. The van der Waals surface area contributed by atoms with E-state index in [9.17, 15) is 9.59 Å². The van der Waals surface area contributed by atoms with Crippen LogP contribution in [-0.2, 0) is 28.8 Å². The van der Waals surface area contributed by atoms with Gasteiger partial charge in [0.2, 0.25) is 0 Å². The van der Waals surface area contributed by atoms with Crippen molar-refractivity contribution in [2.45, 2.75) is 44.6 Å². The summed E-state index contributed by atoms with van der Waals surface area (Å²) in [6, 6.07) is 7.25. The molecule has 0 radical (unpaired) electrons. The Kier molecular flexibility index (Phi) is 4.06. The first-order valence-electron chi connectivity index (χ1n) is 8.29. The van der Waals surface area contributed by atoms with Gasteiger partial charge in [-0.1, -0.05) is 24.6 Å². The second kappa shape index (κ2) is 6.36. The lowest BCUT2D eigenvalue weighted by molar-refractivity contribution is -0.125. The number of aromatic nitrogens is 1. The molecule has 4 rings (SSSR count). The van der Waals surface area contributed by atoms with Crippen LogP contribution in [0.15, 0.2) is 24.3 Å². The number of amides is 1. The van der Waals surface area contributed by atoms with Crippen LogP contribution in [0, 0.1) is 0 Å². The van der Waals surface area contributed by atoms with E-state index >= 15 is 0 Å². The van der Waals surface area contributed by atoms with Crippen molar-refractivity contribution >= 4 is 28.3 Å². The third-order valence-corrected chi connectivity index (χ3v) is 5.58. The minimum Gasteiger partial charge on any atom is -0.448 e. The van der Waals surface area contributed by atoms with E-state index in [-0.39, 0.29) is 5.91 Å². The molecular formula is C18H18N2O3S. The Hall–Kier alpha value is -2.21. The maximum atomic E-state index is 12.5. The van der Waals surface area contributed by atoms with E-state index in [2.05, 4.69) is 10.3 Å². The van der Waals surface area contributed by atoms with Gasteiger partial charge >= 0.3 is 5.97 Å². The van der Waals surface area contributed by atoms with Crippen molar-refractivity contribution < 1.29 is 14.3 Å². The van der Waals surface area contributed by atoms with Crippen LogP contribution >= 0.6 is 11.3 Å². The molecule has 1 atom stereocenters. The molecule has 1 aromatic carbocycles. The van der Waals surface area contributed by atoms with Crippen molar-refractivity contribution in [3.8, 4) is 0 Å². The molecule has 1 aliphatic carbocycles. The molecule has 6 heteroatoms. The van der Waals surface area contributed by atoms with Gasteiger partial charge in [-0.15, -0.1) is 11.3 Å². The fourth-order valence-corrected chi connectivity index (χ4v) is 4.30. The van der Waals surface area contributed by atoms with E-state index in [4.69, 9.17) is 4.74 Å². The zero-order chi connectivity index (χ0) is 16.5. The molecule has 1 aromatic heterocycles. The van der Waals surface area contributed by atoms with E-state index in [0.29, 0.717) is 17.1 Å². The van der Waals surface area contributed by atoms with Gasteiger partial charge in [-0.3, -0.25) is 10.1 Å². The molecule has 0 fully saturated rings. The average Bonchev–Trinajstić information content (AvgIpc) is 2.83. The van der Waals surface area contributed by atoms with Crippen LogP contribution in [0.1, 0.15) is 45.8 Å². The number of nitrogens with one attached hydrogen (secondary N) is 1. The highest BCUT2D eigenvalue weighted by molar-refractivity contribution is 7.15. The van der Waals surface area contributed by atoms with Gasteiger partial charge in [0.1, 0.15) is 0 Å². The Morgan fingerprint density at radius 2 is 2.04 bits per heavy atom. The van der Waals surface area contributed by atoms with Gasteiger partial charge in [-0.05, 0) is 37.3 Å². The number of carbonyl (C=O) groups is 2. The van der Waals surface area contributed by atoms with Gasteiger partial charge in [0, 0.05) is 11.3 Å². The number of thiazole rings is 1. The summed E-state index contributed by atoms with van der Waals surface area (Å²) in [5, 5.41) is 3.44. The number of ether oxygens (including phenoxy) is 1. The van der Waals surface area contributed by atoms with Crippen LogP contribution in [0.3, 0.4) is 0 Å². The molecule has 0 saturated heterocycles. The Balaban J connectivity index is 1.48. The first kappa shape index (κ1) is 15.3. The van der Waals surface area contributed by atoms with Gasteiger partial charge in [-0.25, -0.2) is 9.78 Å². The largest absolute Gasteiger partial charge is 0.448 e. The van der Waals surface area contributed by atoms with Crippen LogP contribution < -0.4 is 5.32 Å². The number of aryl methyl sites for hydroxylation is 2. The summed E-state index contributed by atoms with van der Waals surface area (Å²) >= 11 is 1.54. The van der Waals surface area contributed by atoms with Crippen LogP contribution in [0.5, 0.6) is 0 Å². The van der Waals surface area contributed by atoms with E-state index < -0.39 is 12.1 Å². The number of esters is 1. The molecule has 2 heterocycles. The molecule has 1 aliphatic heterocycles. The average molecular weight is 342 g/mol. The number of benzene rings is 1. The molecule has 124 valence electrons. The standard InChI is InChI=1S/C18H18N2O3S/c21-16(14-10-11-6-4-5-7-12(11)17(22)23-14)20-18-19-13-8-2-1-3-9-15(13)24-18/h4-7,14H,1-3,8-10H2,(H,19,20,21)/t14-/m1/s1. The van der Waals surface area contributed by atoms with Gasteiger partial charge in [0.05, 0.1) is 11.3 Å². The van der Waals surface area contributed by atoms with Gasteiger partial charge in [-0.2, -0.15) is 0 Å². The van der Waals surface area contributed by atoms with Crippen LogP contribution in [0.4, 0.5) is 5.13 Å². The summed E-state index contributed by atoms with van der Waals surface area (Å²) in [6.07, 6.45) is 5.19. The monoisotopic (exact) mass is 342 g/mol. The van der Waals surface area contributed by atoms with E-state index in [1.54, 1.807) is 23.5 Å². The van der Waals surface area contributed by atoms with Crippen LogP contribution in [0.25, 0.3) is 0 Å². The number of anilines is 1. The summed E-state index contributed by atoms with van der Waals surface area (Å²) in [4.78, 5) is 30.3. The van der Waals surface area contributed by atoms with Gasteiger partial charge < -0.3 is 4.74 Å². The van der Waals surface area contributed by atoms with Crippen LogP contribution in [0.2, 0.25) is 0 Å². The Bertz CT molecular complexity index is 776. The molecule has 2 aromatic rings. The summed E-state index contributed by atoms with van der Waals surface area (Å²) in [5.41, 5.74) is 2.50. The smallest absolute Gasteiger partial charge is 0.339 e. The predicted molar refractivity (Wildman–Crippen MR) is 91.4 cm³/mol. The highest BCUT2D eigenvalue weighted by atomic mass is 32.1. The summed E-state index contributed by atoms with van der Waals surface area (Å²) in [5.74, 6) is -0.742. The van der Waals surface area contributed by atoms with Gasteiger partial charge in [0.15, 0.2) is 11.2 Å². The number of fused-ring (bicyclic) bond motifs is 2. The quantitative estimate of drug-likeness (QED) is 0.672. The zero-order valence-corrected chi connectivity index (χ0v) is 14.0. The molecule has 1 N–H and O–H groups in total. The van der Waals surface area contributed by atoms with Gasteiger partial charge in [0.25, 0.3) is 5.91 Å². The summed E-state index contributed by atoms with van der Waals surface area (Å²) in [7, 11) is 0.